The predicted octanol–water partition coefficient (Wildman–Crippen LogP) is 0.870. The minimum Gasteiger partial charge on any atom is -0.323 e. The summed E-state index contributed by atoms with van der Waals surface area (Å²) in [5, 5.41) is 0. The lowest BCUT2D eigenvalue weighted by Gasteiger charge is -1.97. The van der Waals surface area contributed by atoms with Crippen LogP contribution in [0, 0.1) is 0 Å². The van der Waals surface area contributed by atoms with Crippen molar-refractivity contribution < 1.29 is 0 Å². The molecule has 0 aliphatic heterocycles. The van der Waals surface area contributed by atoms with Crippen LogP contribution in [0.3, 0.4) is 0 Å². The highest BCUT2D eigenvalue weighted by molar-refractivity contribution is 5.77. The van der Waals surface area contributed by atoms with Crippen LogP contribution in [0.5, 0.6) is 0 Å². The smallest absolute Gasteiger partial charge is 0.323 e. The van der Waals surface area contributed by atoms with Crippen LogP contribution in [0.1, 0.15) is 0 Å². The molecule has 21 heavy (non-hydrogen) atoms. The molecule has 7 nitrogen and oxygen atoms in total. The molecule has 4 aromatic rings. The molecule has 7 heteroatoms. The van der Waals surface area contributed by atoms with Gasteiger partial charge in [-0.05, 0) is 5.56 Å². The molecule has 0 bridgehead atoms. The molecule has 104 valence electrons. The Morgan fingerprint density at radius 2 is 1.86 bits per heavy atom. The Bertz CT molecular complexity index is 1080. The van der Waals surface area contributed by atoms with E-state index in [1.54, 1.807) is 17.6 Å². The van der Waals surface area contributed by atoms with E-state index in [1.165, 1.54) is 4.57 Å². The van der Waals surface area contributed by atoms with Crippen LogP contribution in [0.2, 0.25) is 0 Å². The molecule has 0 saturated carbocycles. The third kappa shape index (κ3) is 1.57. The van der Waals surface area contributed by atoms with E-state index in [4.69, 9.17) is 0 Å². The molecule has 0 amide bonds. The van der Waals surface area contributed by atoms with Gasteiger partial charge in [-0.2, -0.15) is 4.98 Å². The molecule has 0 spiro atoms. The summed E-state index contributed by atoms with van der Waals surface area (Å²) in [4.78, 5) is 33.4. The lowest BCUT2D eigenvalue weighted by molar-refractivity contribution is 0.832. The Kier molecular flexibility index (Phi) is 2.20. The first-order valence-corrected chi connectivity index (χ1v) is 6.40. The molecule has 2 N–H and O–H groups in total. The van der Waals surface area contributed by atoms with E-state index < -0.39 is 11.2 Å². The van der Waals surface area contributed by atoms with Gasteiger partial charge in [0.2, 0.25) is 5.78 Å². The number of aromatic nitrogens is 5. The van der Waals surface area contributed by atoms with Crippen LogP contribution in [-0.2, 0) is 7.05 Å². The van der Waals surface area contributed by atoms with E-state index in [2.05, 4.69) is 15.0 Å². The number of H-pyrrole nitrogens is 2. The highest BCUT2D eigenvalue weighted by atomic mass is 16.2. The average molecular weight is 281 g/mol. The van der Waals surface area contributed by atoms with Crippen LogP contribution in [0.15, 0.2) is 46.1 Å². The summed E-state index contributed by atoms with van der Waals surface area (Å²) in [5.74, 6) is 0.524. The fourth-order valence-electron chi connectivity index (χ4n) is 2.46. The number of hydrogen-bond acceptors (Lipinski definition) is 3. The molecule has 0 fully saturated rings. The Morgan fingerprint density at radius 1 is 1.10 bits per heavy atom. The Hall–Kier alpha value is -3.09. The van der Waals surface area contributed by atoms with Crippen molar-refractivity contribution >= 4 is 16.9 Å². The fraction of sp³-hybridized carbons (Fsp3) is 0.0714. The molecule has 0 radical (unpaired) electrons. The number of imidazole rings is 2. The summed E-state index contributed by atoms with van der Waals surface area (Å²) in [6, 6.07) is 9.75. The van der Waals surface area contributed by atoms with Gasteiger partial charge in [0.05, 0.1) is 5.69 Å². The Morgan fingerprint density at radius 3 is 2.62 bits per heavy atom. The minimum atomic E-state index is -0.475. The van der Waals surface area contributed by atoms with Crippen molar-refractivity contribution in [3.63, 3.8) is 0 Å². The van der Waals surface area contributed by atoms with E-state index in [0.29, 0.717) is 16.9 Å². The number of nitrogens with zero attached hydrogens (tertiary/aromatic N) is 3. The van der Waals surface area contributed by atoms with Gasteiger partial charge in [-0.25, -0.2) is 4.79 Å². The van der Waals surface area contributed by atoms with Crippen LogP contribution >= 0.6 is 0 Å². The zero-order valence-corrected chi connectivity index (χ0v) is 11.1. The van der Waals surface area contributed by atoms with Crippen molar-refractivity contribution in [3.8, 4) is 11.3 Å². The SMILES string of the molecule is Cn1c(=O)[nH]c(=O)c2c1nc1[nH]c(-c3ccccc3)cn12. The molecular formula is C14H11N5O2. The number of hydrogen-bond donors (Lipinski definition) is 2. The van der Waals surface area contributed by atoms with Crippen LogP contribution < -0.4 is 11.2 Å². The summed E-state index contributed by atoms with van der Waals surface area (Å²) in [7, 11) is 1.57. The van der Waals surface area contributed by atoms with E-state index >= 15 is 0 Å². The first kappa shape index (κ1) is 11.7. The van der Waals surface area contributed by atoms with Gasteiger partial charge >= 0.3 is 5.69 Å². The zero-order valence-electron chi connectivity index (χ0n) is 11.1. The summed E-state index contributed by atoms with van der Waals surface area (Å²) < 4.78 is 2.98. The normalized spacial score (nSPS) is 11.5. The summed E-state index contributed by atoms with van der Waals surface area (Å²) in [5.41, 5.74) is 1.64. The maximum absolute atomic E-state index is 12.0. The van der Waals surface area contributed by atoms with Gasteiger partial charge in [0, 0.05) is 13.2 Å². The van der Waals surface area contributed by atoms with Crippen molar-refractivity contribution in [2.24, 2.45) is 7.05 Å². The van der Waals surface area contributed by atoms with E-state index in [-0.39, 0.29) is 0 Å². The second-order valence-corrected chi connectivity index (χ2v) is 4.83. The summed E-state index contributed by atoms with van der Waals surface area (Å²) in [6.07, 6.45) is 1.81. The van der Waals surface area contributed by atoms with Gasteiger partial charge < -0.3 is 4.98 Å². The first-order chi connectivity index (χ1) is 10.1. The van der Waals surface area contributed by atoms with Gasteiger partial charge in [0.25, 0.3) is 5.56 Å². The van der Waals surface area contributed by atoms with E-state index in [9.17, 15) is 9.59 Å². The van der Waals surface area contributed by atoms with Crippen molar-refractivity contribution in [2.75, 3.05) is 0 Å². The zero-order chi connectivity index (χ0) is 14.6. The summed E-state index contributed by atoms with van der Waals surface area (Å²) >= 11 is 0. The topological polar surface area (TPSA) is 87.9 Å². The highest BCUT2D eigenvalue weighted by Gasteiger charge is 2.14. The van der Waals surface area contributed by atoms with Crippen LogP contribution in [-0.4, -0.2) is 23.9 Å². The second kappa shape index (κ2) is 3.95. The third-order valence-electron chi connectivity index (χ3n) is 3.54. The fourth-order valence-corrected chi connectivity index (χ4v) is 2.46. The molecule has 0 atom stereocenters. The summed E-state index contributed by atoms with van der Waals surface area (Å²) in [6.45, 7) is 0. The highest BCUT2D eigenvalue weighted by Crippen LogP contribution is 2.20. The third-order valence-corrected chi connectivity index (χ3v) is 3.54. The number of aromatic amines is 2. The number of benzene rings is 1. The lowest BCUT2D eigenvalue weighted by Crippen LogP contribution is -2.28. The van der Waals surface area contributed by atoms with Gasteiger partial charge in [-0.3, -0.25) is 18.7 Å². The van der Waals surface area contributed by atoms with Crippen LogP contribution in [0.4, 0.5) is 0 Å². The molecule has 3 aromatic heterocycles. The maximum Gasteiger partial charge on any atom is 0.329 e. The quantitative estimate of drug-likeness (QED) is 0.542. The Labute approximate surface area is 117 Å². The predicted molar refractivity (Wildman–Crippen MR) is 78.3 cm³/mol. The molecule has 0 unspecified atom stereocenters. The van der Waals surface area contributed by atoms with Gasteiger partial charge in [-0.15, -0.1) is 0 Å². The number of aryl methyl sites for hydroxylation is 1. The monoisotopic (exact) mass is 281 g/mol. The molecule has 1 aromatic carbocycles. The van der Waals surface area contributed by atoms with Crippen molar-refractivity contribution in [1.82, 2.24) is 23.9 Å². The molecule has 4 rings (SSSR count). The second-order valence-electron chi connectivity index (χ2n) is 4.83. The van der Waals surface area contributed by atoms with Crippen molar-refractivity contribution in [2.45, 2.75) is 0 Å². The molecule has 3 heterocycles. The van der Waals surface area contributed by atoms with Gasteiger partial charge in [-0.1, -0.05) is 30.3 Å². The molecule has 0 saturated heterocycles. The van der Waals surface area contributed by atoms with Crippen molar-refractivity contribution in [1.29, 1.82) is 0 Å². The van der Waals surface area contributed by atoms with Gasteiger partial charge in [0.1, 0.15) is 0 Å². The molecule has 0 aliphatic carbocycles. The average Bonchev–Trinajstić information content (AvgIpc) is 3.03. The number of nitrogens with one attached hydrogen (secondary N) is 2. The van der Waals surface area contributed by atoms with E-state index in [1.807, 2.05) is 30.3 Å². The minimum absolute atomic E-state index is 0.352. The van der Waals surface area contributed by atoms with E-state index in [0.717, 1.165) is 11.3 Å². The standard InChI is InChI=1S/C14H11N5O2/c1-18-11-10(12(20)17-14(18)21)19-7-9(15-13(19)16-11)8-5-3-2-4-6-8/h2-7H,1H3,(H,15,16)(H,17,20,21). The maximum atomic E-state index is 12.0. The van der Waals surface area contributed by atoms with Crippen LogP contribution in [0.25, 0.3) is 28.2 Å². The number of fused-ring (bicyclic) bond motifs is 3. The number of rotatable bonds is 1. The molecule has 0 aliphatic rings. The molecular weight excluding hydrogens is 270 g/mol. The van der Waals surface area contributed by atoms with Crippen molar-refractivity contribution in [3.05, 3.63) is 57.4 Å². The Balaban J connectivity index is 2.09. The largest absolute Gasteiger partial charge is 0.329 e. The lowest BCUT2D eigenvalue weighted by atomic mass is 10.2. The first-order valence-electron chi connectivity index (χ1n) is 6.40. The van der Waals surface area contributed by atoms with Gasteiger partial charge in [0.15, 0.2) is 11.2 Å².